The lowest BCUT2D eigenvalue weighted by Gasteiger charge is -2.28. The highest BCUT2D eigenvalue weighted by molar-refractivity contribution is 5.82. The zero-order chi connectivity index (χ0) is 12.8. The number of pyridine rings is 1. The molecule has 1 aromatic rings. The van der Waals surface area contributed by atoms with Gasteiger partial charge in [-0.3, -0.25) is 9.78 Å². The van der Waals surface area contributed by atoms with Crippen LogP contribution >= 0.6 is 0 Å². The quantitative estimate of drug-likeness (QED) is 0.838. The molecule has 0 saturated carbocycles. The summed E-state index contributed by atoms with van der Waals surface area (Å²) in [5.41, 5.74) is 1.16. The maximum Gasteiger partial charge on any atom is 0.237 e. The molecule has 1 saturated heterocycles. The molecule has 2 rings (SSSR count). The predicted octanol–water partition coefficient (Wildman–Crippen LogP) is 1.13. The second-order valence-corrected chi connectivity index (χ2v) is 4.95. The van der Waals surface area contributed by atoms with Gasteiger partial charge in [0, 0.05) is 18.9 Å². The number of hydrogen-bond acceptors (Lipinski definition) is 3. The van der Waals surface area contributed by atoms with Gasteiger partial charge in [0.25, 0.3) is 0 Å². The van der Waals surface area contributed by atoms with E-state index < -0.39 is 0 Å². The zero-order valence-electron chi connectivity index (χ0n) is 10.9. The molecule has 0 aromatic carbocycles. The number of aromatic nitrogens is 1. The van der Waals surface area contributed by atoms with Crippen LogP contribution in [0.1, 0.15) is 25.3 Å². The van der Waals surface area contributed by atoms with Crippen LogP contribution in [0.5, 0.6) is 0 Å². The normalized spacial score (nSPS) is 23.6. The summed E-state index contributed by atoms with van der Waals surface area (Å²) in [5.74, 6) is 0.559. The summed E-state index contributed by atoms with van der Waals surface area (Å²) in [4.78, 5) is 16.1. The standard InChI is InChI=1S/C14H21N3O/c1-11-4-2-8-16-13(11)14(18)17-9-6-12-5-3-7-15-10-12/h3,5,7,10-11,13,16H,2,4,6,8-9H2,1H3,(H,17,18). The van der Waals surface area contributed by atoms with Crippen LogP contribution in [0.4, 0.5) is 0 Å². The van der Waals surface area contributed by atoms with E-state index in [1.807, 2.05) is 18.3 Å². The predicted molar refractivity (Wildman–Crippen MR) is 71.1 cm³/mol. The van der Waals surface area contributed by atoms with Crippen molar-refractivity contribution in [1.82, 2.24) is 15.6 Å². The smallest absolute Gasteiger partial charge is 0.237 e. The van der Waals surface area contributed by atoms with Gasteiger partial charge in [-0.15, -0.1) is 0 Å². The minimum atomic E-state index is -0.0207. The molecule has 1 aliphatic heterocycles. The van der Waals surface area contributed by atoms with Crippen molar-refractivity contribution in [1.29, 1.82) is 0 Å². The summed E-state index contributed by atoms with van der Waals surface area (Å²) in [6.45, 7) is 3.76. The zero-order valence-corrected chi connectivity index (χ0v) is 10.9. The number of nitrogens with zero attached hydrogens (tertiary/aromatic N) is 1. The van der Waals surface area contributed by atoms with Gasteiger partial charge in [-0.1, -0.05) is 13.0 Å². The number of hydrogen-bond donors (Lipinski definition) is 2. The van der Waals surface area contributed by atoms with E-state index in [2.05, 4.69) is 22.5 Å². The van der Waals surface area contributed by atoms with E-state index in [0.29, 0.717) is 12.5 Å². The third-order valence-electron chi connectivity index (χ3n) is 3.49. The van der Waals surface area contributed by atoms with Crippen molar-refractivity contribution < 1.29 is 4.79 Å². The van der Waals surface area contributed by atoms with Crippen LogP contribution in [0.15, 0.2) is 24.5 Å². The summed E-state index contributed by atoms with van der Waals surface area (Å²) in [5, 5.41) is 6.29. The fraction of sp³-hybridized carbons (Fsp3) is 0.571. The number of rotatable bonds is 4. The molecule has 4 nitrogen and oxygen atoms in total. The Morgan fingerprint density at radius 2 is 2.50 bits per heavy atom. The second kappa shape index (κ2) is 6.50. The maximum absolute atomic E-state index is 12.0. The van der Waals surface area contributed by atoms with Gasteiger partial charge in [-0.2, -0.15) is 0 Å². The summed E-state index contributed by atoms with van der Waals surface area (Å²) in [6, 6.07) is 3.93. The number of carbonyl (C=O) groups excluding carboxylic acids is 1. The third-order valence-corrected chi connectivity index (χ3v) is 3.49. The molecule has 0 spiro atoms. The molecule has 1 aliphatic rings. The summed E-state index contributed by atoms with van der Waals surface area (Å²) in [7, 11) is 0. The van der Waals surface area contributed by atoms with Crippen LogP contribution in [0.3, 0.4) is 0 Å². The highest BCUT2D eigenvalue weighted by Crippen LogP contribution is 2.15. The van der Waals surface area contributed by atoms with Gasteiger partial charge in [0.1, 0.15) is 0 Å². The number of piperidine rings is 1. The van der Waals surface area contributed by atoms with Gasteiger partial charge in [0.05, 0.1) is 6.04 Å². The van der Waals surface area contributed by atoms with E-state index in [0.717, 1.165) is 24.9 Å². The van der Waals surface area contributed by atoms with Crippen LogP contribution in [0.25, 0.3) is 0 Å². The van der Waals surface area contributed by atoms with Gasteiger partial charge in [0.15, 0.2) is 0 Å². The van der Waals surface area contributed by atoms with Gasteiger partial charge < -0.3 is 10.6 Å². The second-order valence-electron chi connectivity index (χ2n) is 4.95. The molecule has 2 atom stereocenters. The maximum atomic E-state index is 12.0. The Kier molecular flexibility index (Phi) is 4.70. The lowest BCUT2D eigenvalue weighted by atomic mass is 9.92. The first-order valence-corrected chi connectivity index (χ1v) is 6.67. The largest absolute Gasteiger partial charge is 0.354 e. The van der Waals surface area contributed by atoms with Crippen LogP contribution < -0.4 is 10.6 Å². The molecule has 4 heteroatoms. The molecule has 18 heavy (non-hydrogen) atoms. The summed E-state index contributed by atoms with van der Waals surface area (Å²) < 4.78 is 0. The van der Waals surface area contributed by atoms with Crippen molar-refractivity contribution in [2.24, 2.45) is 5.92 Å². The van der Waals surface area contributed by atoms with E-state index >= 15 is 0 Å². The monoisotopic (exact) mass is 247 g/mol. The first-order valence-electron chi connectivity index (χ1n) is 6.67. The SMILES string of the molecule is CC1CCCNC1C(=O)NCCc1cccnc1. The van der Waals surface area contributed by atoms with E-state index in [9.17, 15) is 4.79 Å². The van der Waals surface area contributed by atoms with Crippen molar-refractivity contribution >= 4 is 5.91 Å². The molecule has 1 fully saturated rings. The molecule has 0 bridgehead atoms. The van der Waals surface area contributed by atoms with E-state index in [-0.39, 0.29) is 11.9 Å². The highest BCUT2D eigenvalue weighted by atomic mass is 16.2. The minimum Gasteiger partial charge on any atom is -0.354 e. The van der Waals surface area contributed by atoms with Crippen molar-refractivity contribution in [2.75, 3.05) is 13.1 Å². The lowest BCUT2D eigenvalue weighted by Crippen LogP contribution is -2.51. The molecule has 2 heterocycles. The van der Waals surface area contributed by atoms with E-state index in [1.165, 1.54) is 6.42 Å². The molecule has 1 aromatic heterocycles. The molecule has 98 valence electrons. The Bertz CT molecular complexity index is 380. The van der Waals surface area contributed by atoms with Crippen molar-refractivity contribution in [3.05, 3.63) is 30.1 Å². The Balaban J connectivity index is 1.74. The van der Waals surface area contributed by atoms with Crippen molar-refractivity contribution in [3.8, 4) is 0 Å². The summed E-state index contributed by atoms with van der Waals surface area (Å²) >= 11 is 0. The topological polar surface area (TPSA) is 54.0 Å². The highest BCUT2D eigenvalue weighted by Gasteiger charge is 2.26. The van der Waals surface area contributed by atoms with Gasteiger partial charge in [0.2, 0.25) is 5.91 Å². The van der Waals surface area contributed by atoms with Crippen molar-refractivity contribution in [3.63, 3.8) is 0 Å². The molecular formula is C14H21N3O. The molecule has 0 aliphatic carbocycles. The first-order chi connectivity index (χ1) is 8.77. The Hall–Kier alpha value is -1.42. The Labute approximate surface area is 108 Å². The number of nitrogens with one attached hydrogen (secondary N) is 2. The van der Waals surface area contributed by atoms with E-state index in [1.54, 1.807) is 6.20 Å². The minimum absolute atomic E-state index is 0.0207. The fourth-order valence-corrected chi connectivity index (χ4v) is 2.39. The van der Waals surface area contributed by atoms with Gasteiger partial charge in [-0.05, 0) is 43.4 Å². The average molecular weight is 247 g/mol. The number of carbonyl (C=O) groups is 1. The van der Waals surface area contributed by atoms with Crippen LogP contribution in [-0.4, -0.2) is 30.0 Å². The molecule has 1 amide bonds. The van der Waals surface area contributed by atoms with E-state index in [4.69, 9.17) is 0 Å². The number of amides is 1. The van der Waals surface area contributed by atoms with Gasteiger partial charge in [-0.25, -0.2) is 0 Å². The molecule has 0 radical (unpaired) electrons. The van der Waals surface area contributed by atoms with Crippen molar-refractivity contribution in [2.45, 2.75) is 32.2 Å². The lowest BCUT2D eigenvalue weighted by molar-refractivity contribution is -0.124. The average Bonchev–Trinajstić information content (AvgIpc) is 2.40. The van der Waals surface area contributed by atoms with Crippen LogP contribution in [-0.2, 0) is 11.2 Å². The Morgan fingerprint density at radius 1 is 1.61 bits per heavy atom. The fourth-order valence-electron chi connectivity index (χ4n) is 2.39. The first kappa shape index (κ1) is 13.0. The molecular weight excluding hydrogens is 226 g/mol. The Morgan fingerprint density at radius 3 is 3.22 bits per heavy atom. The summed E-state index contributed by atoms with van der Waals surface area (Å²) in [6.07, 6.45) is 6.73. The molecule has 2 unspecified atom stereocenters. The molecule has 2 N–H and O–H groups in total. The van der Waals surface area contributed by atoms with Crippen LogP contribution in [0.2, 0.25) is 0 Å². The van der Waals surface area contributed by atoms with Crippen LogP contribution in [0, 0.1) is 5.92 Å². The van der Waals surface area contributed by atoms with Gasteiger partial charge >= 0.3 is 0 Å². The third kappa shape index (κ3) is 3.53.